The van der Waals surface area contributed by atoms with Crippen LogP contribution in [0.25, 0.3) is 10.9 Å². The molecule has 1 aliphatic rings. The van der Waals surface area contributed by atoms with Crippen molar-refractivity contribution in [2.75, 3.05) is 19.6 Å². The summed E-state index contributed by atoms with van der Waals surface area (Å²) in [4.78, 5) is 4.65. The number of aromatic nitrogens is 1. The zero-order valence-corrected chi connectivity index (χ0v) is 14.2. The molecule has 0 radical (unpaired) electrons. The molecular formula is C15H20ClN3O2S. The van der Waals surface area contributed by atoms with Gasteiger partial charge in [0.15, 0.2) is 0 Å². The SMILES string of the molecule is Cc1cnc2c(S(=O)(=O)N3CCNC[C@H]3C)cccc2c1.Cl. The van der Waals surface area contributed by atoms with Crippen molar-refractivity contribution in [3.63, 3.8) is 0 Å². The fourth-order valence-electron chi connectivity index (χ4n) is 2.76. The Kier molecular flexibility index (Phi) is 5.07. The Morgan fingerprint density at radius 1 is 1.36 bits per heavy atom. The predicted molar refractivity (Wildman–Crippen MR) is 90.0 cm³/mol. The van der Waals surface area contributed by atoms with Gasteiger partial charge in [0.25, 0.3) is 0 Å². The number of pyridine rings is 1. The first-order chi connectivity index (χ1) is 10.00. The van der Waals surface area contributed by atoms with Gasteiger partial charge in [-0.1, -0.05) is 12.1 Å². The Hall–Kier alpha value is -1.21. The first kappa shape index (κ1) is 17.1. The van der Waals surface area contributed by atoms with Crippen LogP contribution >= 0.6 is 12.4 Å². The highest BCUT2D eigenvalue weighted by molar-refractivity contribution is 7.89. The molecule has 7 heteroatoms. The number of hydrogen-bond donors (Lipinski definition) is 1. The second kappa shape index (κ2) is 6.50. The lowest BCUT2D eigenvalue weighted by Gasteiger charge is -2.33. The number of aryl methyl sites for hydroxylation is 1. The molecule has 5 nitrogen and oxygen atoms in total. The molecule has 0 aliphatic carbocycles. The highest BCUT2D eigenvalue weighted by Crippen LogP contribution is 2.26. The molecule has 2 heterocycles. The lowest BCUT2D eigenvalue weighted by Crippen LogP contribution is -2.52. The highest BCUT2D eigenvalue weighted by atomic mass is 35.5. The Morgan fingerprint density at radius 2 is 2.14 bits per heavy atom. The zero-order valence-electron chi connectivity index (χ0n) is 12.6. The number of nitrogens with zero attached hydrogens (tertiary/aromatic N) is 2. The monoisotopic (exact) mass is 341 g/mol. The van der Waals surface area contributed by atoms with Gasteiger partial charge in [-0.05, 0) is 31.5 Å². The van der Waals surface area contributed by atoms with Crippen LogP contribution in [-0.4, -0.2) is 43.4 Å². The maximum atomic E-state index is 13.0. The Balaban J connectivity index is 0.00000176. The number of rotatable bonds is 2. The zero-order chi connectivity index (χ0) is 15.0. The van der Waals surface area contributed by atoms with Gasteiger partial charge in [-0.3, -0.25) is 4.98 Å². The van der Waals surface area contributed by atoms with Crippen molar-refractivity contribution in [1.82, 2.24) is 14.6 Å². The maximum Gasteiger partial charge on any atom is 0.245 e. The summed E-state index contributed by atoms with van der Waals surface area (Å²) in [6.45, 7) is 5.72. The number of sulfonamides is 1. The summed E-state index contributed by atoms with van der Waals surface area (Å²) in [5.41, 5.74) is 1.57. The average molecular weight is 342 g/mol. The quantitative estimate of drug-likeness (QED) is 0.907. The Labute approximate surface area is 137 Å². The first-order valence-corrected chi connectivity index (χ1v) is 8.52. The molecule has 120 valence electrons. The van der Waals surface area contributed by atoms with Crippen LogP contribution in [0.1, 0.15) is 12.5 Å². The smallest absolute Gasteiger partial charge is 0.245 e. The molecular weight excluding hydrogens is 322 g/mol. The number of nitrogens with one attached hydrogen (secondary N) is 1. The summed E-state index contributed by atoms with van der Waals surface area (Å²) in [6, 6.07) is 7.24. The van der Waals surface area contributed by atoms with Crippen LogP contribution in [0.3, 0.4) is 0 Å². The summed E-state index contributed by atoms with van der Waals surface area (Å²) >= 11 is 0. The second-order valence-corrected chi connectivity index (χ2v) is 7.37. The molecule has 1 N–H and O–H groups in total. The number of fused-ring (bicyclic) bond motifs is 1. The third-order valence-corrected chi connectivity index (χ3v) is 5.88. The molecule has 1 aromatic heterocycles. The van der Waals surface area contributed by atoms with Gasteiger partial charge in [0.2, 0.25) is 10.0 Å². The summed E-state index contributed by atoms with van der Waals surface area (Å²) in [7, 11) is -3.52. The summed E-state index contributed by atoms with van der Waals surface area (Å²) in [5, 5.41) is 4.07. The molecule has 2 aromatic rings. The topological polar surface area (TPSA) is 62.3 Å². The number of halogens is 1. The van der Waals surface area contributed by atoms with Crippen LogP contribution in [0, 0.1) is 6.92 Å². The molecule has 22 heavy (non-hydrogen) atoms. The fraction of sp³-hybridized carbons (Fsp3) is 0.400. The van der Waals surface area contributed by atoms with Crippen LogP contribution in [0.15, 0.2) is 35.4 Å². The van der Waals surface area contributed by atoms with E-state index in [2.05, 4.69) is 10.3 Å². The van der Waals surface area contributed by atoms with E-state index in [4.69, 9.17) is 0 Å². The van der Waals surface area contributed by atoms with Gasteiger partial charge in [-0.2, -0.15) is 4.31 Å². The van der Waals surface area contributed by atoms with E-state index in [9.17, 15) is 8.42 Å². The maximum absolute atomic E-state index is 13.0. The van der Waals surface area contributed by atoms with E-state index in [1.165, 1.54) is 0 Å². The standard InChI is InChI=1S/C15H19N3O2S.ClH/c1-11-8-13-4-3-5-14(15(13)17-9-11)21(19,20)18-7-6-16-10-12(18)2;/h3-5,8-9,12,16H,6-7,10H2,1-2H3;1H/t12-;/m1./s1. The van der Waals surface area contributed by atoms with Crippen LogP contribution < -0.4 is 5.32 Å². The van der Waals surface area contributed by atoms with E-state index in [1.54, 1.807) is 22.6 Å². The number of benzene rings is 1. The predicted octanol–water partition coefficient (Wildman–Crippen LogP) is 1.95. The van der Waals surface area contributed by atoms with Gasteiger partial charge in [0.05, 0.1) is 5.52 Å². The van der Waals surface area contributed by atoms with E-state index in [1.807, 2.05) is 26.0 Å². The van der Waals surface area contributed by atoms with Crippen molar-refractivity contribution in [3.8, 4) is 0 Å². The Bertz CT molecular complexity index is 779. The van der Waals surface area contributed by atoms with Gasteiger partial charge in [0, 0.05) is 37.3 Å². The summed E-state index contributed by atoms with van der Waals surface area (Å²) < 4.78 is 27.5. The molecule has 1 aromatic carbocycles. The van der Waals surface area contributed by atoms with Crippen LogP contribution in [0.4, 0.5) is 0 Å². The third-order valence-electron chi connectivity index (χ3n) is 3.84. The van der Waals surface area contributed by atoms with Crippen molar-refractivity contribution in [3.05, 3.63) is 36.0 Å². The van der Waals surface area contributed by atoms with Gasteiger partial charge in [0.1, 0.15) is 4.90 Å². The van der Waals surface area contributed by atoms with Crippen molar-refractivity contribution < 1.29 is 8.42 Å². The second-order valence-electron chi connectivity index (χ2n) is 5.51. The molecule has 0 spiro atoms. The molecule has 1 atom stereocenters. The minimum atomic E-state index is -3.52. The van der Waals surface area contributed by atoms with Crippen molar-refractivity contribution in [2.45, 2.75) is 24.8 Å². The first-order valence-electron chi connectivity index (χ1n) is 7.08. The minimum absolute atomic E-state index is 0. The van der Waals surface area contributed by atoms with Gasteiger partial charge < -0.3 is 5.32 Å². The normalized spacial score (nSPS) is 19.8. The van der Waals surface area contributed by atoms with Gasteiger partial charge in [-0.15, -0.1) is 12.4 Å². The van der Waals surface area contributed by atoms with Gasteiger partial charge >= 0.3 is 0 Å². The fourth-order valence-corrected chi connectivity index (χ4v) is 4.55. The van der Waals surface area contributed by atoms with Crippen molar-refractivity contribution >= 4 is 33.3 Å². The third kappa shape index (κ3) is 2.96. The Morgan fingerprint density at radius 3 is 2.86 bits per heavy atom. The molecule has 3 rings (SSSR count). The lowest BCUT2D eigenvalue weighted by molar-refractivity contribution is 0.284. The van der Waals surface area contributed by atoms with E-state index in [0.29, 0.717) is 30.0 Å². The van der Waals surface area contributed by atoms with E-state index in [-0.39, 0.29) is 18.4 Å². The van der Waals surface area contributed by atoms with Crippen LogP contribution in [0.2, 0.25) is 0 Å². The molecule has 1 fully saturated rings. The molecule has 0 unspecified atom stereocenters. The molecule has 0 bridgehead atoms. The van der Waals surface area contributed by atoms with Crippen LogP contribution in [-0.2, 0) is 10.0 Å². The summed E-state index contributed by atoms with van der Waals surface area (Å²) in [6.07, 6.45) is 1.71. The van der Waals surface area contributed by atoms with Crippen molar-refractivity contribution in [1.29, 1.82) is 0 Å². The largest absolute Gasteiger partial charge is 0.314 e. The molecule has 1 saturated heterocycles. The minimum Gasteiger partial charge on any atom is -0.314 e. The molecule has 1 aliphatic heterocycles. The highest BCUT2D eigenvalue weighted by Gasteiger charge is 2.32. The molecule has 0 amide bonds. The summed E-state index contributed by atoms with van der Waals surface area (Å²) in [5.74, 6) is 0. The van der Waals surface area contributed by atoms with Gasteiger partial charge in [-0.25, -0.2) is 8.42 Å². The number of para-hydroxylation sites is 1. The average Bonchev–Trinajstić information content (AvgIpc) is 2.46. The lowest BCUT2D eigenvalue weighted by atomic mass is 10.2. The van der Waals surface area contributed by atoms with E-state index >= 15 is 0 Å². The number of piperazine rings is 1. The molecule has 0 saturated carbocycles. The van der Waals surface area contributed by atoms with Crippen molar-refractivity contribution in [2.24, 2.45) is 0 Å². The van der Waals surface area contributed by atoms with E-state index < -0.39 is 10.0 Å². The van der Waals surface area contributed by atoms with E-state index in [0.717, 1.165) is 10.9 Å². The van der Waals surface area contributed by atoms with Crippen LogP contribution in [0.5, 0.6) is 0 Å². The number of hydrogen-bond acceptors (Lipinski definition) is 4.